The molecule has 5 heteroatoms. The van der Waals surface area contributed by atoms with E-state index in [2.05, 4.69) is 54.5 Å². The van der Waals surface area contributed by atoms with Gasteiger partial charge in [0.15, 0.2) is 0 Å². The Bertz CT molecular complexity index is 739. The quantitative estimate of drug-likeness (QED) is 0.777. The Kier molecular flexibility index (Phi) is 2.78. The number of thiazole rings is 1. The minimum absolute atomic E-state index is 0.445. The van der Waals surface area contributed by atoms with Gasteiger partial charge in [-0.3, -0.25) is 4.40 Å². The summed E-state index contributed by atoms with van der Waals surface area (Å²) in [6.45, 7) is 6.51. The average Bonchev–Trinajstić information content (AvgIpc) is 2.93. The molecule has 0 spiro atoms. The molecule has 0 aliphatic carbocycles. The van der Waals surface area contributed by atoms with Crippen molar-refractivity contribution in [3.63, 3.8) is 0 Å². The summed E-state index contributed by atoms with van der Waals surface area (Å²) in [5.74, 6) is 0.951. The summed E-state index contributed by atoms with van der Waals surface area (Å²) in [7, 11) is 0. The van der Waals surface area contributed by atoms with Gasteiger partial charge in [-0.25, -0.2) is 0 Å². The fourth-order valence-corrected chi connectivity index (χ4v) is 3.04. The fourth-order valence-electron chi connectivity index (χ4n) is 2.20. The number of aromatic nitrogens is 3. The predicted molar refractivity (Wildman–Crippen MR) is 79.5 cm³/mol. The maximum Gasteiger partial charge on any atom is 0.227 e. The molecule has 19 heavy (non-hydrogen) atoms. The topological polar surface area (TPSA) is 56.2 Å². The molecule has 2 N–H and O–H groups in total. The van der Waals surface area contributed by atoms with Gasteiger partial charge in [0, 0.05) is 10.9 Å². The third-order valence-electron chi connectivity index (χ3n) is 3.38. The van der Waals surface area contributed by atoms with Gasteiger partial charge in [-0.05, 0) is 30.0 Å². The van der Waals surface area contributed by atoms with Gasteiger partial charge in [0.1, 0.15) is 0 Å². The van der Waals surface area contributed by atoms with Crippen LogP contribution in [0.15, 0.2) is 23.6 Å². The molecule has 0 aliphatic heterocycles. The van der Waals surface area contributed by atoms with E-state index in [1.807, 2.05) is 4.40 Å². The summed E-state index contributed by atoms with van der Waals surface area (Å²) in [6, 6.07) is 6.58. The van der Waals surface area contributed by atoms with Crippen LogP contribution < -0.4 is 5.73 Å². The van der Waals surface area contributed by atoms with E-state index in [0.29, 0.717) is 11.9 Å². The monoisotopic (exact) mass is 272 g/mol. The molecule has 3 aromatic rings. The van der Waals surface area contributed by atoms with Crippen molar-refractivity contribution in [2.45, 2.75) is 26.7 Å². The summed E-state index contributed by atoms with van der Waals surface area (Å²) in [4.78, 5) is 0.835. The first-order chi connectivity index (χ1) is 9.08. The van der Waals surface area contributed by atoms with E-state index in [0.717, 1.165) is 10.7 Å². The smallest absolute Gasteiger partial charge is 0.227 e. The van der Waals surface area contributed by atoms with Crippen molar-refractivity contribution in [3.8, 4) is 11.3 Å². The van der Waals surface area contributed by atoms with Crippen molar-refractivity contribution in [2.24, 2.45) is 0 Å². The first-order valence-corrected chi connectivity index (χ1v) is 7.15. The van der Waals surface area contributed by atoms with Gasteiger partial charge < -0.3 is 5.73 Å². The summed E-state index contributed by atoms with van der Waals surface area (Å²) in [5, 5.41) is 10.1. The van der Waals surface area contributed by atoms with E-state index in [-0.39, 0.29) is 0 Å². The number of hydrogen-bond acceptors (Lipinski definition) is 4. The van der Waals surface area contributed by atoms with Crippen LogP contribution in [0.3, 0.4) is 0 Å². The van der Waals surface area contributed by atoms with E-state index >= 15 is 0 Å². The molecule has 0 amide bonds. The SMILES string of the molecule is Cc1ccc(C(C)C)cc1-c1csc2nnc(N)n12. The predicted octanol–water partition coefficient (Wildman–Crippen LogP) is 3.47. The minimum Gasteiger partial charge on any atom is -0.368 e. The van der Waals surface area contributed by atoms with Crippen molar-refractivity contribution in [1.82, 2.24) is 14.6 Å². The highest BCUT2D eigenvalue weighted by atomic mass is 32.1. The lowest BCUT2D eigenvalue weighted by molar-refractivity contribution is 0.866. The van der Waals surface area contributed by atoms with Crippen LogP contribution in [0.25, 0.3) is 16.2 Å². The maximum atomic E-state index is 5.90. The normalized spacial score (nSPS) is 11.6. The number of nitrogens with two attached hydrogens (primary N) is 1. The lowest BCUT2D eigenvalue weighted by atomic mass is 9.96. The molecule has 0 radical (unpaired) electrons. The molecule has 0 saturated heterocycles. The highest BCUT2D eigenvalue weighted by Crippen LogP contribution is 2.31. The zero-order chi connectivity index (χ0) is 13.6. The molecule has 4 nitrogen and oxygen atoms in total. The Morgan fingerprint density at radius 1 is 1.26 bits per heavy atom. The third-order valence-corrected chi connectivity index (χ3v) is 4.20. The Morgan fingerprint density at radius 2 is 2.05 bits per heavy atom. The number of nitrogens with zero attached hydrogens (tertiary/aromatic N) is 3. The summed E-state index contributed by atoms with van der Waals surface area (Å²) in [6.07, 6.45) is 0. The van der Waals surface area contributed by atoms with Crippen LogP contribution in [0.1, 0.15) is 30.9 Å². The number of benzene rings is 1. The Labute approximate surface area is 115 Å². The van der Waals surface area contributed by atoms with Gasteiger partial charge in [-0.1, -0.05) is 26.0 Å². The second kappa shape index (κ2) is 4.35. The lowest BCUT2D eigenvalue weighted by Gasteiger charge is -2.11. The Balaban J connectivity index is 2.26. The summed E-state index contributed by atoms with van der Waals surface area (Å²) in [5.41, 5.74) is 10.7. The van der Waals surface area contributed by atoms with E-state index in [4.69, 9.17) is 5.73 Å². The first kappa shape index (κ1) is 12.2. The number of aryl methyl sites for hydroxylation is 1. The molecule has 0 atom stereocenters. The van der Waals surface area contributed by atoms with E-state index in [9.17, 15) is 0 Å². The van der Waals surface area contributed by atoms with Crippen LogP contribution in [0.4, 0.5) is 5.95 Å². The minimum atomic E-state index is 0.445. The van der Waals surface area contributed by atoms with Gasteiger partial charge in [0.05, 0.1) is 5.69 Å². The van der Waals surface area contributed by atoms with E-state index in [1.165, 1.54) is 16.7 Å². The molecule has 0 unspecified atom stereocenters. The standard InChI is InChI=1S/C14H16N4S/c1-8(2)10-5-4-9(3)11(6-10)12-7-19-14-17-16-13(15)18(12)14/h4-8H,1-3H3,(H2,15,16). The Morgan fingerprint density at radius 3 is 2.79 bits per heavy atom. The summed E-state index contributed by atoms with van der Waals surface area (Å²) < 4.78 is 1.91. The van der Waals surface area contributed by atoms with Gasteiger partial charge >= 0.3 is 0 Å². The molecule has 1 aromatic carbocycles. The van der Waals surface area contributed by atoms with Crippen LogP contribution in [0.5, 0.6) is 0 Å². The largest absolute Gasteiger partial charge is 0.368 e. The van der Waals surface area contributed by atoms with Crippen molar-refractivity contribution in [3.05, 3.63) is 34.7 Å². The third kappa shape index (κ3) is 1.90. The van der Waals surface area contributed by atoms with Crippen LogP contribution in [-0.2, 0) is 0 Å². The molecule has 3 rings (SSSR count). The Hall–Kier alpha value is -1.88. The molecular weight excluding hydrogens is 256 g/mol. The highest BCUT2D eigenvalue weighted by molar-refractivity contribution is 7.15. The van der Waals surface area contributed by atoms with E-state index in [1.54, 1.807) is 11.3 Å². The number of rotatable bonds is 2. The lowest BCUT2D eigenvalue weighted by Crippen LogP contribution is -1.97. The molecule has 0 fully saturated rings. The van der Waals surface area contributed by atoms with Gasteiger partial charge in [0.25, 0.3) is 0 Å². The summed E-state index contributed by atoms with van der Waals surface area (Å²) >= 11 is 1.56. The molecule has 98 valence electrons. The van der Waals surface area contributed by atoms with Crippen LogP contribution >= 0.6 is 11.3 Å². The van der Waals surface area contributed by atoms with Crippen LogP contribution in [0, 0.1) is 6.92 Å². The average molecular weight is 272 g/mol. The number of hydrogen-bond donors (Lipinski definition) is 1. The second-order valence-electron chi connectivity index (χ2n) is 5.03. The maximum absolute atomic E-state index is 5.90. The number of anilines is 1. The molecule has 0 saturated carbocycles. The van der Waals surface area contributed by atoms with E-state index < -0.39 is 0 Å². The van der Waals surface area contributed by atoms with Crippen molar-refractivity contribution >= 4 is 22.2 Å². The van der Waals surface area contributed by atoms with Crippen LogP contribution in [0.2, 0.25) is 0 Å². The van der Waals surface area contributed by atoms with Crippen molar-refractivity contribution in [2.75, 3.05) is 5.73 Å². The zero-order valence-electron chi connectivity index (χ0n) is 11.2. The molecule has 0 bridgehead atoms. The second-order valence-corrected chi connectivity index (χ2v) is 5.86. The molecule has 0 aliphatic rings. The van der Waals surface area contributed by atoms with Crippen molar-refractivity contribution < 1.29 is 0 Å². The first-order valence-electron chi connectivity index (χ1n) is 6.27. The molecular formula is C14H16N4S. The van der Waals surface area contributed by atoms with Gasteiger partial charge in [-0.15, -0.1) is 21.5 Å². The molecule has 2 heterocycles. The number of fused-ring (bicyclic) bond motifs is 1. The zero-order valence-corrected chi connectivity index (χ0v) is 12.0. The van der Waals surface area contributed by atoms with Gasteiger partial charge in [0.2, 0.25) is 10.9 Å². The number of nitrogen functional groups attached to an aromatic ring is 1. The fraction of sp³-hybridized carbons (Fsp3) is 0.286. The molecule has 2 aromatic heterocycles. The van der Waals surface area contributed by atoms with Crippen LogP contribution in [-0.4, -0.2) is 14.6 Å². The van der Waals surface area contributed by atoms with Crippen molar-refractivity contribution in [1.29, 1.82) is 0 Å². The highest BCUT2D eigenvalue weighted by Gasteiger charge is 2.14. The van der Waals surface area contributed by atoms with Gasteiger partial charge in [-0.2, -0.15) is 0 Å².